The summed E-state index contributed by atoms with van der Waals surface area (Å²) in [6.45, 7) is 2.15. The molecule has 0 aliphatic heterocycles. The van der Waals surface area contributed by atoms with Crippen molar-refractivity contribution in [2.75, 3.05) is 0 Å². The predicted octanol–water partition coefficient (Wildman–Crippen LogP) is 3.97. The molecule has 96 valence electrons. The van der Waals surface area contributed by atoms with Crippen molar-refractivity contribution in [1.82, 2.24) is 4.98 Å². The predicted molar refractivity (Wildman–Crippen MR) is 78.6 cm³/mol. The van der Waals surface area contributed by atoms with E-state index in [0.717, 1.165) is 18.5 Å². The van der Waals surface area contributed by atoms with E-state index < -0.39 is 0 Å². The van der Waals surface area contributed by atoms with Gasteiger partial charge in [-0.25, -0.2) is 0 Å². The molecule has 1 atom stereocenters. The van der Waals surface area contributed by atoms with Crippen molar-refractivity contribution in [3.8, 4) is 0 Å². The van der Waals surface area contributed by atoms with Crippen molar-refractivity contribution in [2.24, 2.45) is 4.99 Å². The van der Waals surface area contributed by atoms with Crippen LogP contribution in [-0.4, -0.2) is 10.7 Å². The lowest BCUT2D eigenvalue weighted by atomic mass is 9.94. The number of pyridine rings is 1. The van der Waals surface area contributed by atoms with E-state index in [1.807, 2.05) is 18.3 Å². The Morgan fingerprint density at radius 1 is 1.05 bits per heavy atom. The van der Waals surface area contributed by atoms with Gasteiger partial charge in [-0.2, -0.15) is 0 Å². The second-order valence-electron chi connectivity index (χ2n) is 5.03. The summed E-state index contributed by atoms with van der Waals surface area (Å²) in [5, 5.41) is 0. The van der Waals surface area contributed by atoms with Crippen LogP contribution in [0.2, 0.25) is 0 Å². The highest BCUT2D eigenvalue weighted by molar-refractivity contribution is 6.01. The van der Waals surface area contributed by atoms with Crippen LogP contribution in [0.5, 0.6) is 0 Å². The monoisotopic (exact) mass is 250 g/mol. The first-order valence-electron chi connectivity index (χ1n) is 6.90. The molecule has 1 aromatic heterocycles. The molecule has 0 fully saturated rings. The molecule has 2 nitrogen and oxygen atoms in total. The summed E-state index contributed by atoms with van der Waals surface area (Å²) >= 11 is 0. The van der Waals surface area contributed by atoms with E-state index in [1.54, 1.807) is 0 Å². The molecule has 1 aliphatic carbocycles. The van der Waals surface area contributed by atoms with Gasteiger partial charge in [0.05, 0.1) is 17.4 Å². The van der Waals surface area contributed by atoms with Crippen molar-refractivity contribution < 1.29 is 0 Å². The van der Waals surface area contributed by atoms with Gasteiger partial charge >= 0.3 is 0 Å². The van der Waals surface area contributed by atoms with Crippen LogP contribution in [0.15, 0.2) is 53.7 Å². The molecule has 1 aromatic carbocycles. The Labute approximate surface area is 114 Å². The zero-order valence-corrected chi connectivity index (χ0v) is 11.2. The van der Waals surface area contributed by atoms with Crippen molar-refractivity contribution >= 4 is 5.71 Å². The Bertz CT molecular complexity index is 587. The van der Waals surface area contributed by atoms with Crippen LogP contribution in [0.25, 0.3) is 0 Å². The number of hydrogen-bond donors (Lipinski definition) is 0. The Hall–Kier alpha value is -1.96. The minimum atomic E-state index is 0.198. The fraction of sp³-hybridized carbons (Fsp3) is 0.294. The SMILES string of the molecule is CC(/N=C1\CCCc2cccnc21)c1ccccc1. The normalized spacial score (nSPS) is 18.1. The summed E-state index contributed by atoms with van der Waals surface area (Å²) in [7, 11) is 0. The fourth-order valence-corrected chi connectivity index (χ4v) is 2.63. The molecule has 0 spiro atoms. The van der Waals surface area contributed by atoms with Gasteiger partial charge in [-0.3, -0.25) is 9.98 Å². The average Bonchev–Trinajstić information content (AvgIpc) is 2.48. The Balaban J connectivity index is 1.93. The highest BCUT2D eigenvalue weighted by atomic mass is 14.8. The lowest BCUT2D eigenvalue weighted by Gasteiger charge is -2.18. The van der Waals surface area contributed by atoms with E-state index in [-0.39, 0.29) is 6.04 Å². The molecule has 2 aromatic rings. The molecule has 1 heterocycles. The summed E-state index contributed by atoms with van der Waals surface area (Å²) in [4.78, 5) is 9.42. The maximum Gasteiger partial charge on any atom is 0.0872 e. The maximum atomic E-state index is 4.90. The van der Waals surface area contributed by atoms with Crippen molar-refractivity contribution in [1.29, 1.82) is 0 Å². The van der Waals surface area contributed by atoms with Gasteiger partial charge in [-0.1, -0.05) is 36.4 Å². The number of rotatable bonds is 2. The molecular formula is C17H18N2. The molecule has 19 heavy (non-hydrogen) atoms. The number of aromatic nitrogens is 1. The zero-order valence-electron chi connectivity index (χ0n) is 11.2. The van der Waals surface area contributed by atoms with Crippen molar-refractivity contribution in [2.45, 2.75) is 32.2 Å². The molecule has 0 saturated carbocycles. The lowest BCUT2D eigenvalue weighted by molar-refractivity contribution is 0.778. The number of hydrogen-bond acceptors (Lipinski definition) is 2. The Morgan fingerprint density at radius 3 is 2.74 bits per heavy atom. The number of aryl methyl sites for hydroxylation is 1. The van der Waals surface area contributed by atoms with Crippen LogP contribution in [0.3, 0.4) is 0 Å². The number of aliphatic imine (C=N–C) groups is 1. The summed E-state index contributed by atoms with van der Waals surface area (Å²) in [5.74, 6) is 0. The molecule has 0 radical (unpaired) electrons. The number of nitrogens with zero attached hydrogens (tertiary/aromatic N) is 2. The molecule has 1 unspecified atom stereocenters. The zero-order chi connectivity index (χ0) is 13.1. The molecule has 0 amide bonds. The van der Waals surface area contributed by atoms with Gasteiger partial charge in [0, 0.05) is 6.20 Å². The molecule has 1 aliphatic rings. The van der Waals surface area contributed by atoms with E-state index in [9.17, 15) is 0 Å². The molecular weight excluding hydrogens is 232 g/mol. The van der Waals surface area contributed by atoms with Crippen LogP contribution in [0, 0.1) is 0 Å². The van der Waals surface area contributed by atoms with Crippen molar-refractivity contribution in [3.05, 3.63) is 65.5 Å². The fourth-order valence-electron chi connectivity index (χ4n) is 2.63. The average molecular weight is 250 g/mol. The second kappa shape index (κ2) is 5.35. The van der Waals surface area contributed by atoms with Crippen LogP contribution in [0.1, 0.15) is 42.6 Å². The third-order valence-electron chi connectivity index (χ3n) is 3.66. The largest absolute Gasteiger partial charge is 0.280 e. The summed E-state index contributed by atoms with van der Waals surface area (Å²) in [6, 6.07) is 14.8. The first-order valence-corrected chi connectivity index (χ1v) is 6.90. The minimum absolute atomic E-state index is 0.198. The quantitative estimate of drug-likeness (QED) is 0.791. The third kappa shape index (κ3) is 2.58. The highest BCUT2D eigenvalue weighted by Crippen LogP contribution is 2.23. The van der Waals surface area contributed by atoms with Gasteiger partial charge in [0.25, 0.3) is 0 Å². The van der Waals surface area contributed by atoms with E-state index >= 15 is 0 Å². The smallest absolute Gasteiger partial charge is 0.0872 e. The van der Waals surface area contributed by atoms with Gasteiger partial charge in [-0.05, 0) is 43.4 Å². The standard InChI is InChI=1S/C17H18N2/c1-13(14-7-3-2-4-8-14)19-16-11-5-9-15-10-6-12-18-17(15)16/h2-4,6-8,10,12-13H,5,9,11H2,1H3/b19-16+. The molecule has 0 bridgehead atoms. The Kier molecular flexibility index (Phi) is 3.41. The van der Waals surface area contributed by atoms with Crippen molar-refractivity contribution in [3.63, 3.8) is 0 Å². The number of benzene rings is 1. The van der Waals surface area contributed by atoms with Crippen LogP contribution in [0.4, 0.5) is 0 Å². The van der Waals surface area contributed by atoms with Crippen LogP contribution < -0.4 is 0 Å². The number of fused-ring (bicyclic) bond motifs is 1. The third-order valence-corrected chi connectivity index (χ3v) is 3.66. The molecule has 3 rings (SSSR count). The minimum Gasteiger partial charge on any atom is -0.280 e. The first-order chi connectivity index (χ1) is 9.34. The van der Waals surface area contributed by atoms with Gasteiger partial charge in [-0.15, -0.1) is 0 Å². The van der Waals surface area contributed by atoms with Gasteiger partial charge in [0.2, 0.25) is 0 Å². The topological polar surface area (TPSA) is 25.2 Å². The van der Waals surface area contributed by atoms with E-state index in [2.05, 4.69) is 42.2 Å². The maximum absolute atomic E-state index is 4.90. The first kappa shape index (κ1) is 12.1. The highest BCUT2D eigenvalue weighted by Gasteiger charge is 2.17. The van der Waals surface area contributed by atoms with Gasteiger partial charge in [0.15, 0.2) is 0 Å². The lowest BCUT2D eigenvalue weighted by Crippen LogP contribution is -2.14. The van der Waals surface area contributed by atoms with Crippen LogP contribution >= 0.6 is 0 Å². The Morgan fingerprint density at radius 2 is 1.89 bits per heavy atom. The summed E-state index contributed by atoms with van der Waals surface area (Å²) < 4.78 is 0. The van der Waals surface area contributed by atoms with Gasteiger partial charge in [0.1, 0.15) is 0 Å². The second-order valence-corrected chi connectivity index (χ2v) is 5.03. The van der Waals surface area contributed by atoms with Gasteiger partial charge < -0.3 is 0 Å². The summed E-state index contributed by atoms with van der Waals surface area (Å²) in [6.07, 6.45) is 5.22. The van der Waals surface area contributed by atoms with Crippen LogP contribution in [-0.2, 0) is 6.42 Å². The van der Waals surface area contributed by atoms with E-state index in [4.69, 9.17) is 4.99 Å². The summed E-state index contributed by atoms with van der Waals surface area (Å²) in [5.41, 5.74) is 4.88. The molecule has 2 heteroatoms. The van der Waals surface area contributed by atoms with E-state index in [0.29, 0.717) is 0 Å². The molecule has 0 saturated heterocycles. The van der Waals surface area contributed by atoms with E-state index in [1.165, 1.54) is 23.3 Å². The molecule has 0 N–H and O–H groups in total.